The van der Waals surface area contributed by atoms with E-state index in [2.05, 4.69) is 4.74 Å². The maximum atomic E-state index is 11.8. The van der Waals surface area contributed by atoms with Gasteiger partial charge in [0.1, 0.15) is 5.75 Å². The summed E-state index contributed by atoms with van der Waals surface area (Å²) >= 11 is 0. The van der Waals surface area contributed by atoms with Gasteiger partial charge in [-0.2, -0.15) is 8.78 Å². The highest BCUT2D eigenvalue weighted by molar-refractivity contribution is 5.85. The Morgan fingerprint density at radius 3 is 2.13 bits per heavy atom. The lowest BCUT2D eigenvalue weighted by Gasteiger charge is -2.10. The predicted molar refractivity (Wildman–Crippen MR) is 55.4 cm³/mol. The molecular weight excluding hydrogens is 224 g/mol. The minimum absolute atomic E-state index is 0. The third-order valence-corrected chi connectivity index (χ3v) is 2.44. The van der Waals surface area contributed by atoms with Crippen molar-refractivity contribution in [1.29, 1.82) is 0 Å². The molecule has 1 saturated carbocycles. The number of benzene rings is 1. The third kappa shape index (κ3) is 2.79. The van der Waals surface area contributed by atoms with Crippen molar-refractivity contribution in [2.24, 2.45) is 5.73 Å². The number of hydrogen-bond donors (Lipinski definition) is 1. The van der Waals surface area contributed by atoms with Crippen molar-refractivity contribution >= 4 is 12.4 Å². The average Bonchev–Trinajstić information content (AvgIpc) is 2.85. The lowest BCUT2D eigenvalue weighted by molar-refractivity contribution is -0.0498. The van der Waals surface area contributed by atoms with E-state index in [-0.39, 0.29) is 23.7 Å². The van der Waals surface area contributed by atoms with Gasteiger partial charge in [0.05, 0.1) is 0 Å². The van der Waals surface area contributed by atoms with E-state index < -0.39 is 6.61 Å². The normalized spacial score (nSPS) is 17.1. The van der Waals surface area contributed by atoms with E-state index in [1.807, 2.05) is 0 Å². The second-order valence-corrected chi connectivity index (χ2v) is 3.56. The molecule has 0 heterocycles. The number of rotatable bonds is 3. The Balaban J connectivity index is 0.00000112. The van der Waals surface area contributed by atoms with E-state index in [9.17, 15) is 8.78 Å². The quantitative estimate of drug-likeness (QED) is 0.874. The van der Waals surface area contributed by atoms with Gasteiger partial charge in [-0.05, 0) is 30.5 Å². The summed E-state index contributed by atoms with van der Waals surface area (Å²) in [4.78, 5) is 0. The minimum Gasteiger partial charge on any atom is -0.435 e. The van der Waals surface area contributed by atoms with Gasteiger partial charge in [-0.15, -0.1) is 12.4 Å². The molecule has 0 amide bonds. The van der Waals surface area contributed by atoms with Crippen LogP contribution in [0, 0.1) is 0 Å². The molecule has 1 aromatic carbocycles. The highest BCUT2D eigenvalue weighted by Crippen LogP contribution is 2.42. The summed E-state index contributed by atoms with van der Waals surface area (Å²) in [7, 11) is 0. The van der Waals surface area contributed by atoms with Crippen molar-refractivity contribution in [2.75, 3.05) is 0 Å². The van der Waals surface area contributed by atoms with E-state index in [1.165, 1.54) is 12.1 Å². The Bertz CT molecular complexity index is 325. The number of hydrogen-bond acceptors (Lipinski definition) is 2. The zero-order valence-electron chi connectivity index (χ0n) is 7.95. The Hall–Kier alpha value is -0.870. The molecule has 0 saturated heterocycles. The van der Waals surface area contributed by atoms with Gasteiger partial charge in [-0.25, -0.2) is 0 Å². The van der Waals surface area contributed by atoms with Crippen LogP contribution in [0.1, 0.15) is 18.4 Å². The van der Waals surface area contributed by atoms with E-state index in [0.29, 0.717) is 0 Å². The highest BCUT2D eigenvalue weighted by atomic mass is 35.5. The highest BCUT2D eigenvalue weighted by Gasteiger charge is 2.39. The van der Waals surface area contributed by atoms with Crippen LogP contribution < -0.4 is 10.5 Å². The molecule has 1 aliphatic rings. The largest absolute Gasteiger partial charge is 0.435 e. The molecular formula is C10H12ClF2NO. The standard InChI is InChI=1S/C10H11F2NO.ClH/c11-9(12)14-8-3-1-7(2-4-8)10(13)5-6-10;/h1-4,9H,5-6,13H2;1H. The summed E-state index contributed by atoms with van der Waals surface area (Å²) in [5, 5.41) is 0. The summed E-state index contributed by atoms with van der Waals surface area (Å²) in [6.07, 6.45) is 1.92. The fourth-order valence-electron chi connectivity index (χ4n) is 1.39. The molecule has 0 bridgehead atoms. The van der Waals surface area contributed by atoms with Gasteiger partial charge in [-0.1, -0.05) is 12.1 Å². The molecule has 0 spiro atoms. The molecule has 0 aromatic heterocycles. The third-order valence-electron chi connectivity index (χ3n) is 2.44. The Morgan fingerprint density at radius 1 is 1.20 bits per heavy atom. The van der Waals surface area contributed by atoms with Gasteiger partial charge in [0.2, 0.25) is 0 Å². The predicted octanol–water partition coefficient (Wildman–Crippen LogP) is 2.66. The van der Waals surface area contributed by atoms with Crippen molar-refractivity contribution in [1.82, 2.24) is 0 Å². The summed E-state index contributed by atoms with van der Waals surface area (Å²) in [5.74, 6) is 0.174. The van der Waals surface area contributed by atoms with Gasteiger partial charge < -0.3 is 10.5 Å². The Morgan fingerprint density at radius 2 is 1.73 bits per heavy atom. The van der Waals surface area contributed by atoms with Crippen LogP contribution in [0.2, 0.25) is 0 Å². The van der Waals surface area contributed by atoms with E-state index in [1.54, 1.807) is 12.1 Å². The molecule has 5 heteroatoms. The molecule has 2 rings (SSSR count). The van der Waals surface area contributed by atoms with Gasteiger partial charge in [0, 0.05) is 5.54 Å². The first kappa shape index (κ1) is 12.2. The molecule has 1 fully saturated rings. The number of ether oxygens (including phenoxy) is 1. The van der Waals surface area contributed by atoms with Gasteiger partial charge in [0.25, 0.3) is 0 Å². The van der Waals surface area contributed by atoms with Crippen molar-refractivity contribution < 1.29 is 13.5 Å². The van der Waals surface area contributed by atoms with Crippen molar-refractivity contribution in [3.63, 3.8) is 0 Å². The first-order valence-corrected chi connectivity index (χ1v) is 4.44. The van der Waals surface area contributed by atoms with Gasteiger partial charge >= 0.3 is 6.61 Å². The first-order valence-electron chi connectivity index (χ1n) is 4.44. The van der Waals surface area contributed by atoms with Crippen LogP contribution in [0.5, 0.6) is 5.75 Å². The first-order chi connectivity index (χ1) is 6.60. The van der Waals surface area contributed by atoms with E-state index in [0.717, 1.165) is 18.4 Å². The van der Waals surface area contributed by atoms with E-state index >= 15 is 0 Å². The molecule has 0 aliphatic heterocycles. The molecule has 0 radical (unpaired) electrons. The second-order valence-electron chi connectivity index (χ2n) is 3.56. The molecule has 15 heavy (non-hydrogen) atoms. The monoisotopic (exact) mass is 235 g/mol. The second kappa shape index (κ2) is 4.33. The molecule has 1 aromatic rings. The van der Waals surface area contributed by atoms with Crippen LogP contribution in [0.4, 0.5) is 8.78 Å². The molecule has 84 valence electrons. The molecule has 0 unspecified atom stereocenters. The van der Waals surface area contributed by atoms with Crippen molar-refractivity contribution in [3.05, 3.63) is 29.8 Å². The molecule has 2 N–H and O–H groups in total. The zero-order valence-corrected chi connectivity index (χ0v) is 8.77. The number of nitrogens with two attached hydrogens (primary N) is 1. The lowest BCUT2D eigenvalue weighted by atomic mass is 10.1. The topological polar surface area (TPSA) is 35.2 Å². The SMILES string of the molecule is Cl.NC1(c2ccc(OC(F)F)cc2)CC1. The summed E-state index contributed by atoms with van der Waals surface area (Å²) in [6, 6.07) is 6.53. The van der Waals surface area contributed by atoms with Crippen molar-refractivity contribution in [2.45, 2.75) is 25.0 Å². The zero-order chi connectivity index (χ0) is 10.2. The van der Waals surface area contributed by atoms with Crippen molar-refractivity contribution in [3.8, 4) is 5.75 Å². The Labute approximate surface area is 92.8 Å². The summed E-state index contributed by atoms with van der Waals surface area (Å²) < 4.78 is 27.9. The summed E-state index contributed by atoms with van der Waals surface area (Å²) in [5.41, 5.74) is 6.70. The minimum atomic E-state index is -2.77. The number of alkyl halides is 2. The smallest absolute Gasteiger partial charge is 0.387 e. The maximum absolute atomic E-state index is 11.8. The van der Waals surface area contributed by atoms with Crippen LogP contribution in [-0.4, -0.2) is 6.61 Å². The molecule has 2 nitrogen and oxygen atoms in total. The van der Waals surface area contributed by atoms with E-state index in [4.69, 9.17) is 5.73 Å². The van der Waals surface area contributed by atoms with Crippen LogP contribution in [0.25, 0.3) is 0 Å². The molecule has 0 atom stereocenters. The maximum Gasteiger partial charge on any atom is 0.387 e. The lowest BCUT2D eigenvalue weighted by Crippen LogP contribution is -2.18. The van der Waals surface area contributed by atoms with Gasteiger partial charge in [0.15, 0.2) is 0 Å². The van der Waals surface area contributed by atoms with Crippen LogP contribution >= 0.6 is 12.4 Å². The Kier molecular flexibility index (Phi) is 3.52. The fraction of sp³-hybridized carbons (Fsp3) is 0.400. The van der Waals surface area contributed by atoms with Gasteiger partial charge in [-0.3, -0.25) is 0 Å². The fourth-order valence-corrected chi connectivity index (χ4v) is 1.39. The summed E-state index contributed by atoms with van der Waals surface area (Å²) in [6.45, 7) is -2.77. The average molecular weight is 236 g/mol. The van der Waals surface area contributed by atoms with Crippen LogP contribution in [0.15, 0.2) is 24.3 Å². The molecule has 1 aliphatic carbocycles. The number of halogens is 3. The van der Waals surface area contributed by atoms with Crippen LogP contribution in [-0.2, 0) is 5.54 Å². The van der Waals surface area contributed by atoms with Crippen LogP contribution in [0.3, 0.4) is 0 Å².